The van der Waals surface area contributed by atoms with Crippen molar-refractivity contribution in [3.8, 4) is 0 Å². The van der Waals surface area contributed by atoms with Crippen LogP contribution in [0, 0.1) is 5.82 Å². The van der Waals surface area contributed by atoms with E-state index in [0.717, 1.165) is 18.2 Å². The predicted octanol–water partition coefficient (Wildman–Crippen LogP) is 4.84. The van der Waals surface area contributed by atoms with Gasteiger partial charge in [-0.15, -0.1) is 0 Å². The number of carbonyl (C=O) groups is 1. The number of alkyl halides is 3. The summed E-state index contributed by atoms with van der Waals surface area (Å²) in [5.74, 6) is -3.57. The van der Waals surface area contributed by atoms with Gasteiger partial charge >= 0.3 is 12.1 Å². The van der Waals surface area contributed by atoms with E-state index in [0.29, 0.717) is 0 Å². The molecule has 0 aromatic heterocycles. The molecule has 6 nitrogen and oxygen atoms in total. The van der Waals surface area contributed by atoms with E-state index in [1.165, 1.54) is 6.07 Å². The molecule has 13 heteroatoms. The van der Waals surface area contributed by atoms with Crippen molar-refractivity contribution in [3.63, 3.8) is 0 Å². The van der Waals surface area contributed by atoms with E-state index >= 15 is 0 Å². The molecule has 0 fully saturated rings. The lowest BCUT2D eigenvalue weighted by molar-refractivity contribution is -0.275. The monoisotopic (exact) mass is 511 g/mol. The van der Waals surface area contributed by atoms with Gasteiger partial charge in [-0.2, -0.15) is 13.2 Å². The van der Waals surface area contributed by atoms with Gasteiger partial charge in [-0.1, -0.05) is 34.4 Å². The zero-order chi connectivity index (χ0) is 23.6. The summed E-state index contributed by atoms with van der Waals surface area (Å²) in [5.41, 5.74) is -4.08. The summed E-state index contributed by atoms with van der Waals surface area (Å²) in [7, 11) is -3.70. The van der Waals surface area contributed by atoms with E-state index in [9.17, 15) is 35.9 Å². The number of carboxylic acids is 1. The molecule has 0 amide bonds. The van der Waals surface area contributed by atoms with Crippen LogP contribution in [-0.4, -0.2) is 31.4 Å². The zero-order valence-corrected chi connectivity index (χ0v) is 18.0. The summed E-state index contributed by atoms with van der Waals surface area (Å²) in [6.45, 7) is 0. The topological polar surface area (TPSA) is 93.0 Å². The van der Waals surface area contributed by atoms with Gasteiger partial charge in [0.05, 0.1) is 32.8 Å². The van der Waals surface area contributed by atoms with Crippen LogP contribution in [0.5, 0.6) is 0 Å². The summed E-state index contributed by atoms with van der Waals surface area (Å²) >= 11 is 11.4. The van der Waals surface area contributed by atoms with Gasteiger partial charge in [-0.25, -0.2) is 17.6 Å². The second-order valence-corrected chi connectivity index (χ2v) is 10.2. The minimum absolute atomic E-state index is 0.00456. The van der Waals surface area contributed by atoms with Crippen LogP contribution in [-0.2, 0) is 31.8 Å². The van der Waals surface area contributed by atoms with Crippen LogP contribution in [0.3, 0.4) is 0 Å². The Morgan fingerprint density at radius 2 is 1.72 bits per heavy atom. The molecule has 2 aliphatic rings. The lowest BCUT2D eigenvalue weighted by Gasteiger charge is -2.29. The Morgan fingerprint density at radius 3 is 2.28 bits per heavy atom. The number of benzene rings is 2. The Hall–Kier alpha value is -2.37. The van der Waals surface area contributed by atoms with Crippen molar-refractivity contribution in [2.45, 2.75) is 29.7 Å². The van der Waals surface area contributed by atoms with Gasteiger partial charge in [0, 0.05) is 17.5 Å². The average molecular weight is 512 g/mol. The lowest BCUT2D eigenvalue weighted by Crippen LogP contribution is -2.42. The normalized spacial score (nSPS) is 21.8. The minimum Gasteiger partial charge on any atom is -0.478 e. The van der Waals surface area contributed by atoms with Crippen LogP contribution in [0.15, 0.2) is 29.4 Å². The van der Waals surface area contributed by atoms with Crippen LogP contribution in [0.25, 0.3) is 0 Å². The predicted molar refractivity (Wildman–Crippen MR) is 106 cm³/mol. The largest absolute Gasteiger partial charge is 0.478 e. The summed E-state index contributed by atoms with van der Waals surface area (Å²) in [4.78, 5) is 16.3. The van der Waals surface area contributed by atoms with E-state index < -0.39 is 66.9 Å². The van der Waals surface area contributed by atoms with E-state index in [4.69, 9.17) is 28.0 Å². The van der Waals surface area contributed by atoms with E-state index in [-0.39, 0.29) is 28.0 Å². The van der Waals surface area contributed by atoms with Gasteiger partial charge < -0.3 is 9.94 Å². The maximum absolute atomic E-state index is 14.2. The second-order valence-electron chi connectivity index (χ2n) is 7.34. The number of sulfone groups is 1. The molecule has 2 aromatic rings. The molecule has 2 aromatic carbocycles. The summed E-state index contributed by atoms with van der Waals surface area (Å²) in [5, 5.41) is 11.6. The molecule has 4 rings (SSSR count). The molecular formula is C19H11Cl2F4NO5S. The standard InChI is InChI=1S/C19H11Cl2F4NO5S/c20-13-3-8(4-14(21)16(13)22)18(19(23,24)25)5-15(26-31-18)9-1-2-10(17(27)28)12-7-32(29,30)6-11(9)12/h1-4H,5-7H2,(H,27,28). The van der Waals surface area contributed by atoms with Gasteiger partial charge in [0.15, 0.2) is 15.7 Å². The first-order valence-electron chi connectivity index (χ1n) is 8.81. The minimum atomic E-state index is -5.04. The molecule has 0 saturated heterocycles. The maximum atomic E-state index is 14.2. The highest BCUT2D eigenvalue weighted by atomic mass is 35.5. The number of halogens is 6. The molecule has 170 valence electrons. The fourth-order valence-corrected chi connectivity index (χ4v) is 5.95. The molecule has 1 atom stereocenters. The Balaban J connectivity index is 1.83. The van der Waals surface area contributed by atoms with Crippen LogP contribution in [0.4, 0.5) is 17.6 Å². The van der Waals surface area contributed by atoms with Crippen molar-refractivity contribution in [1.82, 2.24) is 0 Å². The van der Waals surface area contributed by atoms with Crippen LogP contribution >= 0.6 is 23.2 Å². The molecule has 0 spiro atoms. The molecule has 1 unspecified atom stereocenters. The second kappa shape index (κ2) is 7.32. The fourth-order valence-electron chi connectivity index (χ4n) is 3.82. The number of carboxylic acid groups (broad SMARTS) is 1. The smallest absolute Gasteiger partial charge is 0.435 e. The Kier molecular flexibility index (Phi) is 5.22. The highest BCUT2D eigenvalue weighted by Gasteiger charge is 2.62. The number of aromatic carboxylic acids is 1. The van der Waals surface area contributed by atoms with Crippen molar-refractivity contribution >= 4 is 44.7 Å². The Bertz CT molecular complexity index is 1290. The molecule has 0 aliphatic carbocycles. The van der Waals surface area contributed by atoms with Crippen molar-refractivity contribution in [3.05, 3.63) is 67.9 Å². The number of hydrogen-bond acceptors (Lipinski definition) is 5. The van der Waals surface area contributed by atoms with E-state index in [1.54, 1.807) is 0 Å². The van der Waals surface area contributed by atoms with Gasteiger partial charge in [0.1, 0.15) is 0 Å². The fraction of sp³-hybridized carbons (Fsp3) is 0.263. The van der Waals surface area contributed by atoms with Crippen LogP contribution in [0.2, 0.25) is 10.0 Å². The summed E-state index contributed by atoms with van der Waals surface area (Å²) in [6.07, 6.45) is -5.94. The molecule has 2 aliphatic heterocycles. The third kappa shape index (κ3) is 3.52. The van der Waals surface area contributed by atoms with Gasteiger partial charge in [0.2, 0.25) is 0 Å². The first kappa shape index (κ1) is 22.8. The maximum Gasteiger partial charge on any atom is 0.435 e. The van der Waals surface area contributed by atoms with Crippen LogP contribution < -0.4 is 0 Å². The average Bonchev–Trinajstić information content (AvgIpc) is 3.25. The quantitative estimate of drug-likeness (QED) is 0.470. The number of nitrogens with zero attached hydrogens (tertiary/aromatic N) is 1. The third-order valence-electron chi connectivity index (χ3n) is 5.34. The highest BCUT2D eigenvalue weighted by molar-refractivity contribution is 7.90. The third-order valence-corrected chi connectivity index (χ3v) is 7.34. The summed E-state index contributed by atoms with van der Waals surface area (Å²) in [6, 6.07) is 3.77. The zero-order valence-electron chi connectivity index (χ0n) is 15.6. The van der Waals surface area contributed by atoms with Crippen molar-refractivity contribution in [2.24, 2.45) is 5.16 Å². The molecule has 0 saturated carbocycles. The first-order valence-corrected chi connectivity index (χ1v) is 11.4. The molecule has 2 heterocycles. The van der Waals surface area contributed by atoms with Gasteiger partial charge in [-0.05, 0) is 29.3 Å². The Labute approximate surface area is 188 Å². The SMILES string of the molecule is O=C(O)c1ccc(C2=NOC(c3cc(Cl)c(F)c(Cl)c3)(C(F)(F)F)C2)c2c1CS(=O)(=O)C2. The van der Waals surface area contributed by atoms with E-state index in [1.807, 2.05) is 0 Å². The summed E-state index contributed by atoms with van der Waals surface area (Å²) < 4.78 is 80.5. The van der Waals surface area contributed by atoms with Crippen molar-refractivity contribution in [1.29, 1.82) is 0 Å². The first-order chi connectivity index (χ1) is 14.8. The molecule has 0 radical (unpaired) electrons. The number of oxime groups is 1. The molecule has 1 N–H and O–H groups in total. The number of fused-ring (bicyclic) bond motifs is 1. The van der Waals surface area contributed by atoms with Crippen molar-refractivity contribution < 1.29 is 40.7 Å². The lowest BCUT2D eigenvalue weighted by atomic mass is 9.85. The van der Waals surface area contributed by atoms with Gasteiger partial charge in [0.25, 0.3) is 5.60 Å². The van der Waals surface area contributed by atoms with Gasteiger partial charge in [-0.3, -0.25) is 0 Å². The van der Waals surface area contributed by atoms with Crippen molar-refractivity contribution in [2.75, 3.05) is 0 Å². The molecule has 32 heavy (non-hydrogen) atoms. The molecular weight excluding hydrogens is 501 g/mol. The van der Waals surface area contributed by atoms with E-state index in [2.05, 4.69) is 5.16 Å². The highest BCUT2D eigenvalue weighted by Crippen LogP contribution is 2.50. The number of rotatable bonds is 3. The molecule has 0 bridgehead atoms. The van der Waals surface area contributed by atoms with Crippen LogP contribution in [0.1, 0.15) is 39.0 Å². The Morgan fingerprint density at radius 1 is 1.12 bits per heavy atom. The number of hydrogen-bond donors (Lipinski definition) is 1.